The molecule has 0 aliphatic heterocycles. The molecule has 1 N–H and O–H groups in total. The molecule has 0 aliphatic carbocycles. The van der Waals surface area contributed by atoms with E-state index in [4.69, 9.17) is 5.11 Å². The lowest BCUT2D eigenvalue weighted by atomic mass is 10.0. The maximum Gasteiger partial charge on any atom is 0.391 e. The van der Waals surface area contributed by atoms with Gasteiger partial charge in [-0.25, -0.2) is 0 Å². The predicted molar refractivity (Wildman–Crippen MR) is 31.5 cm³/mol. The summed E-state index contributed by atoms with van der Waals surface area (Å²) in [7, 11) is 0. The zero-order valence-corrected chi connectivity index (χ0v) is 5.94. The molecule has 10 heavy (non-hydrogen) atoms. The molecule has 0 fully saturated rings. The summed E-state index contributed by atoms with van der Waals surface area (Å²) in [6, 6.07) is 0. The third kappa shape index (κ3) is 4.61. The highest BCUT2D eigenvalue weighted by Crippen LogP contribution is 2.24. The van der Waals surface area contributed by atoms with Crippen LogP contribution in [-0.4, -0.2) is 17.4 Å². The van der Waals surface area contributed by atoms with Crippen LogP contribution in [0.15, 0.2) is 0 Å². The second-order valence-electron chi connectivity index (χ2n) is 2.63. The summed E-state index contributed by atoms with van der Waals surface area (Å²) in [5.41, 5.74) is 0. The first kappa shape index (κ1) is 9.75. The molecule has 1 nitrogen and oxygen atoms in total. The topological polar surface area (TPSA) is 20.2 Å². The molecular weight excluding hydrogens is 145 g/mol. The van der Waals surface area contributed by atoms with E-state index in [-0.39, 0.29) is 5.92 Å². The Labute approximate surface area is 57.9 Å². The minimum absolute atomic E-state index is 0.332. The van der Waals surface area contributed by atoms with E-state index in [1.165, 1.54) is 0 Å². The highest BCUT2D eigenvalue weighted by atomic mass is 19.4. The van der Waals surface area contributed by atoms with Gasteiger partial charge in [0.2, 0.25) is 0 Å². The molecule has 0 aromatic heterocycles. The third-order valence-corrected chi connectivity index (χ3v) is 1.21. The molecule has 62 valence electrons. The average Bonchev–Trinajstić information content (AvgIpc) is 1.60. The Bertz CT molecular complexity index is 97.7. The van der Waals surface area contributed by atoms with Crippen LogP contribution < -0.4 is 0 Å². The van der Waals surface area contributed by atoms with Crippen molar-refractivity contribution in [1.29, 1.82) is 0 Å². The molecule has 1 atom stereocenters. The van der Waals surface area contributed by atoms with Gasteiger partial charge in [0.05, 0.1) is 12.5 Å². The number of halogens is 3. The van der Waals surface area contributed by atoms with Crippen LogP contribution >= 0.6 is 0 Å². The van der Waals surface area contributed by atoms with Crippen molar-refractivity contribution in [3.63, 3.8) is 0 Å². The first-order valence-corrected chi connectivity index (χ1v) is 3.07. The fraction of sp³-hybridized carbons (Fsp3) is 1.00. The van der Waals surface area contributed by atoms with E-state index in [1.807, 2.05) is 0 Å². The quantitative estimate of drug-likeness (QED) is 0.647. The molecule has 0 radical (unpaired) electrons. The Morgan fingerprint density at radius 1 is 1.30 bits per heavy atom. The summed E-state index contributed by atoms with van der Waals surface area (Å²) in [6.45, 7) is 3.10. The van der Waals surface area contributed by atoms with Crippen LogP contribution in [0.5, 0.6) is 0 Å². The Morgan fingerprint density at radius 3 is 1.80 bits per heavy atom. The van der Waals surface area contributed by atoms with E-state index in [0.29, 0.717) is 0 Å². The van der Waals surface area contributed by atoms with Gasteiger partial charge in [0, 0.05) is 0 Å². The van der Waals surface area contributed by atoms with Crippen LogP contribution in [0, 0.1) is 5.92 Å². The van der Waals surface area contributed by atoms with E-state index >= 15 is 0 Å². The zero-order chi connectivity index (χ0) is 8.36. The molecular formula is C6H11F3O. The molecule has 0 aromatic rings. The Hall–Kier alpha value is -0.250. The molecule has 0 saturated carbocycles. The second kappa shape index (κ2) is 3.23. The minimum atomic E-state index is -4.25. The molecule has 0 heterocycles. The van der Waals surface area contributed by atoms with Crippen LogP contribution in [-0.2, 0) is 0 Å². The molecule has 0 rings (SSSR count). The molecule has 0 saturated heterocycles. The lowest BCUT2D eigenvalue weighted by Crippen LogP contribution is -2.23. The molecule has 0 bridgehead atoms. The number of rotatable bonds is 2. The first-order valence-electron chi connectivity index (χ1n) is 3.07. The summed E-state index contributed by atoms with van der Waals surface area (Å²) in [5.74, 6) is -0.332. The van der Waals surface area contributed by atoms with Gasteiger partial charge in [-0.1, -0.05) is 13.8 Å². The van der Waals surface area contributed by atoms with Crippen molar-refractivity contribution < 1.29 is 18.3 Å². The van der Waals surface area contributed by atoms with Gasteiger partial charge < -0.3 is 5.11 Å². The molecule has 4 heteroatoms. The van der Waals surface area contributed by atoms with Gasteiger partial charge in [-0.05, 0) is 5.92 Å². The molecule has 0 aromatic carbocycles. The normalized spacial score (nSPS) is 15.9. The number of alkyl halides is 3. The zero-order valence-electron chi connectivity index (χ0n) is 5.94. The molecule has 0 spiro atoms. The van der Waals surface area contributed by atoms with Gasteiger partial charge in [0.15, 0.2) is 0 Å². The van der Waals surface area contributed by atoms with E-state index < -0.39 is 18.7 Å². The summed E-state index contributed by atoms with van der Waals surface area (Å²) < 4.78 is 34.5. The molecule has 1 unspecified atom stereocenters. The average molecular weight is 156 g/mol. The van der Waals surface area contributed by atoms with Crippen LogP contribution in [0.2, 0.25) is 0 Å². The minimum Gasteiger partial charge on any atom is -0.393 e. The number of hydrogen-bond donors (Lipinski definition) is 1. The SMILES string of the molecule is CC(C)C(O)CC(F)(F)F. The second-order valence-corrected chi connectivity index (χ2v) is 2.63. The molecule has 0 aliphatic rings. The highest BCUT2D eigenvalue weighted by molar-refractivity contribution is 4.64. The largest absolute Gasteiger partial charge is 0.393 e. The Kier molecular flexibility index (Phi) is 3.15. The monoisotopic (exact) mass is 156 g/mol. The fourth-order valence-electron chi connectivity index (χ4n) is 0.473. The predicted octanol–water partition coefficient (Wildman–Crippen LogP) is 1.96. The summed E-state index contributed by atoms with van der Waals surface area (Å²) in [5, 5.41) is 8.74. The number of aliphatic hydroxyl groups is 1. The lowest BCUT2D eigenvalue weighted by Gasteiger charge is -2.15. The highest BCUT2D eigenvalue weighted by Gasteiger charge is 2.31. The van der Waals surface area contributed by atoms with E-state index in [9.17, 15) is 13.2 Å². The van der Waals surface area contributed by atoms with Crippen molar-refractivity contribution in [3.8, 4) is 0 Å². The number of hydrogen-bond acceptors (Lipinski definition) is 1. The first-order chi connectivity index (χ1) is 4.33. The van der Waals surface area contributed by atoms with Crippen molar-refractivity contribution >= 4 is 0 Å². The maximum absolute atomic E-state index is 11.5. The molecule has 0 amide bonds. The summed E-state index contributed by atoms with van der Waals surface area (Å²) >= 11 is 0. The van der Waals surface area contributed by atoms with Gasteiger partial charge in [-0.3, -0.25) is 0 Å². The third-order valence-electron chi connectivity index (χ3n) is 1.21. The van der Waals surface area contributed by atoms with Crippen LogP contribution in [0.1, 0.15) is 20.3 Å². The van der Waals surface area contributed by atoms with Crippen molar-refractivity contribution in [3.05, 3.63) is 0 Å². The lowest BCUT2D eigenvalue weighted by molar-refractivity contribution is -0.157. The van der Waals surface area contributed by atoms with Crippen molar-refractivity contribution in [2.75, 3.05) is 0 Å². The van der Waals surface area contributed by atoms with E-state index in [0.717, 1.165) is 0 Å². The van der Waals surface area contributed by atoms with Crippen LogP contribution in [0.25, 0.3) is 0 Å². The van der Waals surface area contributed by atoms with Crippen LogP contribution in [0.3, 0.4) is 0 Å². The van der Waals surface area contributed by atoms with Gasteiger partial charge in [-0.15, -0.1) is 0 Å². The van der Waals surface area contributed by atoms with Crippen LogP contribution in [0.4, 0.5) is 13.2 Å². The standard InChI is InChI=1S/C6H11F3O/c1-4(2)5(10)3-6(7,8)9/h4-5,10H,3H2,1-2H3. The van der Waals surface area contributed by atoms with Gasteiger partial charge in [-0.2, -0.15) is 13.2 Å². The van der Waals surface area contributed by atoms with Crippen molar-refractivity contribution in [2.24, 2.45) is 5.92 Å². The fourth-order valence-corrected chi connectivity index (χ4v) is 0.473. The van der Waals surface area contributed by atoms with Gasteiger partial charge in [0.25, 0.3) is 0 Å². The summed E-state index contributed by atoms with van der Waals surface area (Å²) in [4.78, 5) is 0. The summed E-state index contributed by atoms with van der Waals surface area (Å²) in [6.07, 6.45) is -6.62. The van der Waals surface area contributed by atoms with Gasteiger partial charge >= 0.3 is 6.18 Å². The van der Waals surface area contributed by atoms with E-state index in [1.54, 1.807) is 13.8 Å². The Balaban J connectivity index is 3.68. The Morgan fingerprint density at radius 2 is 1.70 bits per heavy atom. The van der Waals surface area contributed by atoms with Gasteiger partial charge in [0.1, 0.15) is 0 Å². The number of aliphatic hydroxyl groups excluding tert-OH is 1. The maximum atomic E-state index is 11.5. The van der Waals surface area contributed by atoms with Crippen molar-refractivity contribution in [1.82, 2.24) is 0 Å². The van der Waals surface area contributed by atoms with Crippen molar-refractivity contribution in [2.45, 2.75) is 32.5 Å². The van der Waals surface area contributed by atoms with E-state index in [2.05, 4.69) is 0 Å². The smallest absolute Gasteiger partial charge is 0.391 e.